The molecule has 1 aromatic heterocycles. The van der Waals surface area contributed by atoms with Crippen molar-refractivity contribution in [1.29, 1.82) is 0 Å². The fraction of sp³-hybridized carbons (Fsp3) is 0.360. The Bertz CT molecular complexity index is 1240. The van der Waals surface area contributed by atoms with Crippen LogP contribution in [-0.2, 0) is 20.2 Å². The van der Waals surface area contributed by atoms with Gasteiger partial charge in [0.15, 0.2) is 0 Å². The molecule has 176 valence electrons. The van der Waals surface area contributed by atoms with Crippen molar-refractivity contribution < 1.29 is 13.2 Å². The quantitative estimate of drug-likeness (QED) is 0.537. The van der Waals surface area contributed by atoms with Crippen molar-refractivity contribution in [2.24, 2.45) is 0 Å². The number of anilines is 1. The predicted octanol–water partition coefficient (Wildman–Crippen LogP) is 4.40. The molecule has 0 saturated heterocycles. The van der Waals surface area contributed by atoms with Gasteiger partial charge in [-0.25, -0.2) is 17.8 Å². The van der Waals surface area contributed by atoms with E-state index in [1.807, 2.05) is 57.2 Å². The van der Waals surface area contributed by atoms with E-state index in [4.69, 9.17) is 0 Å². The topological polar surface area (TPSA) is 93.1 Å². The summed E-state index contributed by atoms with van der Waals surface area (Å²) in [5.74, 6) is -0.282. The smallest absolute Gasteiger partial charge is 0.240 e. The summed E-state index contributed by atoms with van der Waals surface area (Å²) >= 11 is 0. The van der Waals surface area contributed by atoms with E-state index in [2.05, 4.69) is 35.9 Å². The van der Waals surface area contributed by atoms with Crippen molar-refractivity contribution in [3.05, 3.63) is 71.0 Å². The molecule has 3 aromatic rings. The minimum absolute atomic E-state index is 0.000612. The number of hydrogen-bond donors (Lipinski definition) is 2. The van der Waals surface area contributed by atoms with Crippen LogP contribution in [0.5, 0.6) is 0 Å². The van der Waals surface area contributed by atoms with Crippen molar-refractivity contribution in [3.8, 4) is 5.69 Å². The van der Waals surface area contributed by atoms with Gasteiger partial charge in [-0.2, -0.15) is 5.10 Å². The molecule has 0 aliphatic heterocycles. The lowest BCUT2D eigenvalue weighted by Gasteiger charge is -2.19. The Hall–Kier alpha value is -2.97. The summed E-state index contributed by atoms with van der Waals surface area (Å²) in [4.78, 5) is 12.7. The number of sulfonamides is 1. The van der Waals surface area contributed by atoms with Crippen LogP contribution in [0.25, 0.3) is 5.69 Å². The first-order valence-electron chi connectivity index (χ1n) is 10.9. The summed E-state index contributed by atoms with van der Waals surface area (Å²) in [5, 5.41) is 7.41. The summed E-state index contributed by atoms with van der Waals surface area (Å²) in [7, 11) is -3.69. The third kappa shape index (κ3) is 5.89. The molecule has 0 spiro atoms. The average molecular weight is 469 g/mol. The standard InChI is InChI=1S/C25H32N4O3S/c1-17-7-11-21(12-8-17)29-19(3)24(18(2)28-29)27-23(30)15-16-26-33(31,32)22-13-9-20(10-14-22)25(4,5)6/h7-14,26H,15-16H2,1-6H3,(H,27,30). The van der Waals surface area contributed by atoms with E-state index in [0.29, 0.717) is 11.4 Å². The van der Waals surface area contributed by atoms with Crippen LogP contribution in [0, 0.1) is 20.8 Å². The van der Waals surface area contributed by atoms with Crippen molar-refractivity contribution in [1.82, 2.24) is 14.5 Å². The summed E-state index contributed by atoms with van der Waals surface area (Å²) in [6.07, 6.45) is 0.00783. The maximum Gasteiger partial charge on any atom is 0.240 e. The Morgan fingerprint density at radius 1 is 0.970 bits per heavy atom. The van der Waals surface area contributed by atoms with E-state index in [-0.39, 0.29) is 29.2 Å². The lowest BCUT2D eigenvalue weighted by Crippen LogP contribution is -2.28. The number of aromatic nitrogens is 2. The van der Waals surface area contributed by atoms with Gasteiger partial charge in [-0.15, -0.1) is 0 Å². The molecule has 0 unspecified atom stereocenters. The number of nitrogens with one attached hydrogen (secondary N) is 2. The minimum Gasteiger partial charge on any atom is -0.323 e. The number of aryl methyl sites for hydroxylation is 2. The molecular weight excluding hydrogens is 436 g/mol. The number of amides is 1. The second-order valence-electron chi connectivity index (χ2n) is 9.26. The van der Waals surface area contributed by atoms with Gasteiger partial charge in [0.25, 0.3) is 0 Å². The molecule has 0 saturated carbocycles. The maximum absolute atomic E-state index is 12.6. The van der Waals surface area contributed by atoms with Crippen LogP contribution in [0.3, 0.4) is 0 Å². The molecular formula is C25H32N4O3S. The van der Waals surface area contributed by atoms with Gasteiger partial charge >= 0.3 is 0 Å². The fourth-order valence-corrected chi connectivity index (χ4v) is 4.51. The minimum atomic E-state index is -3.69. The van der Waals surface area contributed by atoms with E-state index in [1.165, 1.54) is 0 Å². The number of carbonyl (C=O) groups is 1. The molecule has 3 rings (SSSR count). The summed E-state index contributed by atoms with van der Waals surface area (Å²) < 4.78 is 29.4. The SMILES string of the molecule is Cc1ccc(-n2nc(C)c(NC(=O)CCNS(=O)(=O)c3ccc(C(C)(C)C)cc3)c2C)cc1. The molecule has 2 N–H and O–H groups in total. The highest BCUT2D eigenvalue weighted by Crippen LogP contribution is 2.24. The molecule has 2 aromatic carbocycles. The molecule has 1 heterocycles. The molecule has 0 aliphatic rings. The third-order valence-corrected chi connectivity index (χ3v) is 6.99. The van der Waals surface area contributed by atoms with Crippen molar-refractivity contribution in [3.63, 3.8) is 0 Å². The van der Waals surface area contributed by atoms with Gasteiger partial charge in [-0.3, -0.25) is 4.79 Å². The van der Waals surface area contributed by atoms with Gasteiger partial charge in [0.05, 0.1) is 27.7 Å². The second-order valence-corrected chi connectivity index (χ2v) is 11.0. The lowest BCUT2D eigenvalue weighted by atomic mass is 9.87. The van der Waals surface area contributed by atoms with Crippen LogP contribution in [0.2, 0.25) is 0 Å². The molecule has 0 bridgehead atoms. The second kappa shape index (κ2) is 9.49. The first-order chi connectivity index (χ1) is 15.4. The Kier molecular flexibility index (Phi) is 7.09. The van der Waals surface area contributed by atoms with Gasteiger partial charge in [0.2, 0.25) is 15.9 Å². The molecule has 0 aliphatic carbocycles. The fourth-order valence-electron chi connectivity index (χ4n) is 3.48. The zero-order valence-electron chi connectivity index (χ0n) is 20.1. The van der Waals surface area contributed by atoms with Crippen LogP contribution in [0.15, 0.2) is 53.4 Å². The monoisotopic (exact) mass is 468 g/mol. The van der Waals surface area contributed by atoms with E-state index < -0.39 is 10.0 Å². The van der Waals surface area contributed by atoms with Crippen molar-refractivity contribution >= 4 is 21.6 Å². The highest BCUT2D eigenvalue weighted by molar-refractivity contribution is 7.89. The van der Waals surface area contributed by atoms with Gasteiger partial charge in [-0.1, -0.05) is 50.6 Å². The average Bonchev–Trinajstić information content (AvgIpc) is 3.02. The van der Waals surface area contributed by atoms with E-state index in [9.17, 15) is 13.2 Å². The predicted molar refractivity (Wildman–Crippen MR) is 131 cm³/mol. The first kappa shape index (κ1) is 24.7. The molecule has 8 heteroatoms. The van der Waals surface area contributed by atoms with Gasteiger partial charge < -0.3 is 5.32 Å². The van der Waals surface area contributed by atoms with Gasteiger partial charge in [-0.05, 0) is 56.0 Å². The van der Waals surface area contributed by atoms with Crippen LogP contribution in [-0.4, -0.2) is 30.7 Å². The van der Waals surface area contributed by atoms with E-state index in [1.54, 1.807) is 16.8 Å². The number of hydrogen-bond acceptors (Lipinski definition) is 4. The van der Waals surface area contributed by atoms with Crippen molar-refractivity contribution in [2.45, 2.75) is 58.3 Å². The number of rotatable bonds is 7. The van der Waals surface area contributed by atoms with Gasteiger partial charge in [0.1, 0.15) is 0 Å². The summed E-state index contributed by atoms with van der Waals surface area (Å²) in [6, 6.07) is 14.8. The zero-order chi connectivity index (χ0) is 24.4. The highest BCUT2D eigenvalue weighted by Gasteiger charge is 2.19. The van der Waals surface area contributed by atoms with Crippen molar-refractivity contribution in [2.75, 3.05) is 11.9 Å². The highest BCUT2D eigenvalue weighted by atomic mass is 32.2. The molecule has 0 atom stereocenters. The third-order valence-electron chi connectivity index (χ3n) is 5.51. The molecule has 33 heavy (non-hydrogen) atoms. The molecule has 7 nitrogen and oxygen atoms in total. The van der Waals surface area contributed by atoms with Crippen LogP contribution in [0.1, 0.15) is 49.7 Å². The van der Waals surface area contributed by atoms with E-state index >= 15 is 0 Å². The Morgan fingerprint density at radius 3 is 2.15 bits per heavy atom. The number of carbonyl (C=O) groups excluding carboxylic acids is 1. The molecule has 0 radical (unpaired) electrons. The Labute approximate surface area is 196 Å². The number of nitrogens with zero attached hydrogens (tertiary/aromatic N) is 2. The number of benzene rings is 2. The molecule has 0 fully saturated rings. The normalized spacial score (nSPS) is 12.1. The summed E-state index contributed by atoms with van der Waals surface area (Å²) in [6.45, 7) is 12.0. The summed E-state index contributed by atoms with van der Waals surface area (Å²) in [5.41, 5.74) is 5.20. The van der Waals surface area contributed by atoms with Crippen LogP contribution < -0.4 is 10.0 Å². The Morgan fingerprint density at radius 2 is 1.58 bits per heavy atom. The molecule has 1 amide bonds. The lowest BCUT2D eigenvalue weighted by molar-refractivity contribution is -0.116. The maximum atomic E-state index is 12.6. The zero-order valence-corrected chi connectivity index (χ0v) is 20.9. The van der Waals surface area contributed by atoms with Gasteiger partial charge in [0, 0.05) is 13.0 Å². The van der Waals surface area contributed by atoms with E-state index in [0.717, 1.165) is 22.5 Å². The Balaban J connectivity index is 1.61. The largest absolute Gasteiger partial charge is 0.323 e. The first-order valence-corrected chi connectivity index (χ1v) is 12.4. The van der Waals surface area contributed by atoms with Crippen LogP contribution >= 0.6 is 0 Å². The van der Waals surface area contributed by atoms with Crippen LogP contribution in [0.4, 0.5) is 5.69 Å².